The number of rotatable bonds is 2. The molecule has 1 N–H and O–H groups in total. The first-order valence-corrected chi connectivity index (χ1v) is 6.40. The maximum absolute atomic E-state index is 13.1. The molecule has 1 aromatic carbocycles. The lowest BCUT2D eigenvalue weighted by Gasteiger charge is -2.32. The van der Waals surface area contributed by atoms with E-state index in [2.05, 4.69) is 5.32 Å². The lowest BCUT2D eigenvalue weighted by atomic mass is 9.79. The van der Waals surface area contributed by atoms with Crippen LogP contribution in [0.25, 0.3) is 0 Å². The van der Waals surface area contributed by atoms with Crippen molar-refractivity contribution in [1.82, 2.24) is 5.32 Å². The summed E-state index contributed by atoms with van der Waals surface area (Å²) in [7, 11) is 1.25. The molecule has 6 heteroatoms. The molecule has 0 radical (unpaired) electrons. The Balaban J connectivity index is 2.40. The summed E-state index contributed by atoms with van der Waals surface area (Å²) < 4.78 is 44.0. The summed E-state index contributed by atoms with van der Waals surface area (Å²) in [5.41, 5.74) is -0.488. The number of hydrogen-bond acceptors (Lipinski definition) is 3. The van der Waals surface area contributed by atoms with Crippen molar-refractivity contribution in [3.8, 4) is 0 Å². The van der Waals surface area contributed by atoms with Crippen LogP contribution in [0.4, 0.5) is 13.2 Å². The van der Waals surface area contributed by atoms with Crippen molar-refractivity contribution in [3.63, 3.8) is 0 Å². The van der Waals surface area contributed by atoms with E-state index < -0.39 is 29.5 Å². The molecule has 3 nitrogen and oxygen atoms in total. The SMILES string of the molecule is COC(=O)[C@H]1CNCC[C@H]1c1ccccc1C(F)(F)F. The number of piperidine rings is 1. The third-order valence-corrected chi connectivity index (χ3v) is 3.65. The summed E-state index contributed by atoms with van der Waals surface area (Å²) >= 11 is 0. The molecule has 0 bridgehead atoms. The lowest BCUT2D eigenvalue weighted by Crippen LogP contribution is -2.40. The first-order chi connectivity index (χ1) is 9.45. The van der Waals surface area contributed by atoms with E-state index in [0.29, 0.717) is 19.5 Å². The van der Waals surface area contributed by atoms with Gasteiger partial charge in [0.15, 0.2) is 0 Å². The number of hydrogen-bond donors (Lipinski definition) is 1. The van der Waals surface area contributed by atoms with Crippen LogP contribution >= 0.6 is 0 Å². The molecule has 2 rings (SSSR count). The van der Waals surface area contributed by atoms with Crippen LogP contribution in [0.2, 0.25) is 0 Å². The Morgan fingerprint density at radius 2 is 2.05 bits per heavy atom. The van der Waals surface area contributed by atoms with E-state index in [1.807, 2.05) is 0 Å². The zero-order chi connectivity index (χ0) is 14.8. The molecule has 2 atom stereocenters. The molecule has 1 aromatic rings. The van der Waals surface area contributed by atoms with Crippen molar-refractivity contribution in [2.45, 2.75) is 18.5 Å². The molecule has 0 saturated carbocycles. The summed E-state index contributed by atoms with van der Waals surface area (Å²) in [6.45, 7) is 0.924. The molecule has 1 heterocycles. The Kier molecular flexibility index (Phi) is 4.32. The normalized spacial score (nSPS) is 23.4. The minimum atomic E-state index is -4.41. The molecular weight excluding hydrogens is 271 g/mol. The van der Waals surface area contributed by atoms with Crippen molar-refractivity contribution in [2.24, 2.45) is 5.92 Å². The van der Waals surface area contributed by atoms with Gasteiger partial charge in [-0.05, 0) is 24.6 Å². The fourth-order valence-electron chi connectivity index (χ4n) is 2.71. The van der Waals surface area contributed by atoms with Crippen LogP contribution in [0.3, 0.4) is 0 Å². The molecule has 1 saturated heterocycles. The fraction of sp³-hybridized carbons (Fsp3) is 0.500. The largest absolute Gasteiger partial charge is 0.469 e. The minimum Gasteiger partial charge on any atom is -0.469 e. The molecule has 0 unspecified atom stereocenters. The van der Waals surface area contributed by atoms with Gasteiger partial charge in [-0.25, -0.2) is 0 Å². The predicted octanol–water partition coefficient (Wildman–Crippen LogP) is 2.57. The Labute approximate surface area is 115 Å². The molecule has 1 aliphatic rings. The van der Waals surface area contributed by atoms with Crippen molar-refractivity contribution in [3.05, 3.63) is 35.4 Å². The highest BCUT2D eigenvalue weighted by Crippen LogP contribution is 2.39. The predicted molar refractivity (Wildman–Crippen MR) is 67.2 cm³/mol. The summed E-state index contributed by atoms with van der Waals surface area (Å²) in [5.74, 6) is -1.53. The highest BCUT2D eigenvalue weighted by molar-refractivity contribution is 5.74. The number of esters is 1. The van der Waals surface area contributed by atoms with E-state index in [1.54, 1.807) is 6.07 Å². The summed E-state index contributed by atoms with van der Waals surface area (Å²) in [6, 6.07) is 5.45. The van der Waals surface area contributed by atoms with Crippen LogP contribution in [-0.4, -0.2) is 26.2 Å². The number of benzene rings is 1. The standard InChI is InChI=1S/C14H16F3NO2/c1-20-13(19)11-8-18-7-6-9(11)10-4-2-3-5-12(10)14(15,16)17/h2-5,9,11,18H,6-8H2,1H3/t9-,11-/m0/s1. The Morgan fingerprint density at radius 1 is 1.35 bits per heavy atom. The van der Waals surface area contributed by atoms with E-state index in [0.717, 1.165) is 6.07 Å². The van der Waals surface area contributed by atoms with Gasteiger partial charge in [0.2, 0.25) is 0 Å². The number of nitrogens with one attached hydrogen (secondary N) is 1. The van der Waals surface area contributed by atoms with E-state index in [9.17, 15) is 18.0 Å². The number of carbonyl (C=O) groups excluding carboxylic acids is 1. The van der Waals surface area contributed by atoms with Crippen molar-refractivity contribution in [2.75, 3.05) is 20.2 Å². The van der Waals surface area contributed by atoms with Gasteiger partial charge < -0.3 is 10.1 Å². The van der Waals surface area contributed by atoms with Gasteiger partial charge in [-0.3, -0.25) is 4.79 Å². The van der Waals surface area contributed by atoms with Crippen molar-refractivity contribution in [1.29, 1.82) is 0 Å². The van der Waals surface area contributed by atoms with E-state index in [1.165, 1.54) is 19.2 Å². The Hall–Kier alpha value is -1.56. The van der Waals surface area contributed by atoms with Crippen molar-refractivity contribution < 1.29 is 22.7 Å². The average molecular weight is 287 g/mol. The first kappa shape index (κ1) is 14.8. The topological polar surface area (TPSA) is 38.3 Å². The summed E-state index contributed by atoms with van der Waals surface area (Å²) in [4.78, 5) is 11.8. The number of carbonyl (C=O) groups is 1. The van der Waals surface area contributed by atoms with Gasteiger partial charge in [0, 0.05) is 12.5 Å². The maximum Gasteiger partial charge on any atom is 0.416 e. The van der Waals surface area contributed by atoms with E-state index in [4.69, 9.17) is 4.74 Å². The van der Waals surface area contributed by atoms with Crippen LogP contribution in [-0.2, 0) is 15.7 Å². The van der Waals surface area contributed by atoms with Gasteiger partial charge >= 0.3 is 12.1 Å². The first-order valence-electron chi connectivity index (χ1n) is 6.40. The third kappa shape index (κ3) is 2.95. The second kappa shape index (κ2) is 5.83. The van der Waals surface area contributed by atoms with Crippen LogP contribution < -0.4 is 5.32 Å². The molecule has 110 valence electrons. The fourth-order valence-corrected chi connectivity index (χ4v) is 2.71. The van der Waals surface area contributed by atoms with Gasteiger partial charge in [0.05, 0.1) is 18.6 Å². The van der Waals surface area contributed by atoms with Crippen LogP contribution in [0.1, 0.15) is 23.5 Å². The van der Waals surface area contributed by atoms with Gasteiger partial charge in [-0.2, -0.15) is 13.2 Å². The van der Waals surface area contributed by atoms with Gasteiger partial charge in [0.25, 0.3) is 0 Å². The zero-order valence-electron chi connectivity index (χ0n) is 11.0. The van der Waals surface area contributed by atoms with Gasteiger partial charge in [0.1, 0.15) is 0 Å². The quantitative estimate of drug-likeness (QED) is 0.850. The van der Waals surface area contributed by atoms with Crippen molar-refractivity contribution >= 4 is 5.97 Å². The van der Waals surface area contributed by atoms with Crippen LogP contribution in [0.15, 0.2) is 24.3 Å². The van der Waals surface area contributed by atoms with E-state index >= 15 is 0 Å². The Bertz CT molecular complexity index is 488. The molecule has 0 amide bonds. The highest BCUT2D eigenvalue weighted by atomic mass is 19.4. The Morgan fingerprint density at radius 3 is 2.70 bits per heavy atom. The number of halogens is 3. The van der Waals surface area contributed by atoms with Gasteiger partial charge in [-0.15, -0.1) is 0 Å². The number of alkyl halides is 3. The van der Waals surface area contributed by atoms with Crippen LogP contribution in [0, 0.1) is 5.92 Å². The molecule has 0 spiro atoms. The molecular formula is C14H16F3NO2. The molecule has 1 aliphatic heterocycles. The second-order valence-electron chi connectivity index (χ2n) is 4.81. The molecule has 0 aromatic heterocycles. The summed E-state index contributed by atoms with van der Waals surface area (Å²) in [5, 5.41) is 3.03. The second-order valence-corrected chi connectivity index (χ2v) is 4.81. The molecule has 20 heavy (non-hydrogen) atoms. The maximum atomic E-state index is 13.1. The third-order valence-electron chi connectivity index (χ3n) is 3.65. The molecule has 1 fully saturated rings. The zero-order valence-corrected chi connectivity index (χ0v) is 11.0. The highest BCUT2D eigenvalue weighted by Gasteiger charge is 2.39. The van der Waals surface area contributed by atoms with Gasteiger partial charge in [-0.1, -0.05) is 18.2 Å². The van der Waals surface area contributed by atoms with E-state index in [-0.39, 0.29) is 5.56 Å². The summed E-state index contributed by atoms with van der Waals surface area (Å²) in [6.07, 6.45) is -3.94. The minimum absolute atomic E-state index is 0.178. The number of methoxy groups -OCH3 is 1. The molecule has 0 aliphatic carbocycles. The monoisotopic (exact) mass is 287 g/mol. The lowest BCUT2D eigenvalue weighted by molar-refractivity contribution is -0.148. The average Bonchev–Trinajstić information content (AvgIpc) is 2.45. The smallest absolute Gasteiger partial charge is 0.416 e. The number of ether oxygens (including phenoxy) is 1. The van der Waals surface area contributed by atoms with Crippen LogP contribution in [0.5, 0.6) is 0 Å².